The Morgan fingerprint density at radius 3 is 2.67 bits per heavy atom. The van der Waals surface area contributed by atoms with Crippen LogP contribution in [0.1, 0.15) is 16.8 Å². The summed E-state index contributed by atoms with van der Waals surface area (Å²) in [7, 11) is 0. The number of ether oxygens (including phenoxy) is 1. The Bertz CT molecular complexity index is 570. The second-order valence-electron chi connectivity index (χ2n) is 4.10. The average Bonchev–Trinajstić information content (AvgIpc) is 2.31. The number of aryl methyl sites for hydroxylation is 2. The SMILES string of the molecule is Cc1cc(C)c(CN)c(Oc2ccccc2Cl)n1. The number of para-hydroxylation sites is 1. The van der Waals surface area contributed by atoms with Crippen LogP contribution in [-0.2, 0) is 6.54 Å². The van der Waals surface area contributed by atoms with Crippen molar-refractivity contribution in [3.05, 3.63) is 52.2 Å². The molecule has 1 aromatic heterocycles. The van der Waals surface area contributed by atoms with E-state index in [1.165, 1.54) is 0 Å². The van der Waals surface area contributed by atoms with Gasteiger partial charge in [-0.3, -0.25) is 0 Å². The maximum absolute atomic E-state index is 6.07. The first-order chi connectivity index (χ1) is 8.61. The van der Waals surface area contributed by atoms with Gasteiger partial charge in [-0.2, -0.15) is 0 Å². The van der Waals surface area contributed by atoms with Crippen molar-refractivity contribution in [1.29, 1.82) is 0 Å². The Balaban J connectivity index is 2.43. The van der Waals surface area contributed by atoms with Gasteiger partial charge in [-0.15, -0.1) is 0 Å². The van der Waals surface area contributed by atoms with Gasteiger partial charge in [0.2, 0.25) is 5.88 Å². The van der Waals surface area contributed by atoms with Crippen LogP contribution in [0.25, 0.3) is 0 Å². The number of pyridine rings is 1. The monoisotopic (exact) mass is 262 g/mol. The number of nitrogens with two attached hydrogens (primary N) is 1. The van der Waals surface area contributed by atoms with E-state index in [-0.39, 0.29) is 0 Å². The lowest BCUT2D eigenvalue weighted by molar-refractivity contribution is 0.454. The van der Waals surface area contributed by atoms with Gasteiger partial charge < -0.3 is 10.5 Å². The molecule has 2 N–H and O–H groups in total. The number of hydrogen-bond acceptors (Lipinski definition) is 3. The molecule has 3 nitrogen and oxygen atoms in total. The number of nitrogens with zero attached hydrogens (tertiary/aromatic N) is 1. The van der Waals surface area contributed by atoms with Crippen LogP contribution in [0.2, 0.25) is 5.02 Å². The van der Waals surface area contributed by atoms with Gasteiger partial charge in [0.15, 0.2) is 0 Å². The lowest BCUT2D eigenvalue weighted by atomic mass is 10.1. The molecule has 0 bridgehead atoms. The van der Waals surface area contributed by atoms with Crippen LogP contribution in [0, 0.1) is 13.8 Å². The van der Waals surface area contributed by atoms with Gasteiger partial charge in [-0.25, -0.2) is 4.98 Å². The van der Waals surface area contributed by atoms with Crippen molar-refractivity contribution in [2.24, 2.45) is 5.73 Å². The molecule has 0 atom stereocenters. The number of benzene rings is 1. The largest absolute Gasteiger partial charge is 0.437 e. The molecule has 94 valence electrons. The highest BCUT2D eigenvalue weighted by Gasteiger charge is 2.11. The number of aromatic nitrogens is 1. The van der Waals surface area contributed by atoms with Gasteiger partial charge in [-0.05, 0) is 37.6 Å². The van der Waals surface area contributed by atoms with E-state index in [1.807, 2.05) is 38.1 Å². The molecule has 0 saturated heterocycles. The summed E-state index contributed by atoms with van der Waals surface area (Å²) in [6.07, 6.45) is 0. The molecule has 1 heterocycles. The van der Waals surface area contributed by atoms with Crippen LogP contribution in [-0.4, -0.2) is 4.98 Å². The van der Waals surface area contributed by atoms with Crippen molar-refractivity contribution in [2.75, 3.05) is 0 Å². The maximum Gasteiger partial charge on any atom is 0.224 e. The van der Waals surface area contributed by atoms with Crippen LogP contribution in [0.5, 0.6) is 11.6 Å². The third-order valence-electron chi connectivity index (χ3n) is 2.68. The Morgan fingerprint density at radius 2 is 2.00 bits per heavy atom. The fourth-order valence-electron chi connectivity index (χ4n) is 1.79. The van der Waals surface area contributed by atoms with E-state index in [9.17, 15) is 0 Å². The minimum Gasteiger partial charge on any atom is -0.437 e. The topological polar surface area (TPSA) is 48.1 Å². The molecule has 18 heavy (non-hydrogen) atoms. The highest BCUT2D eigenvalue weighted by molar-refractivity contribution is 6.32. The molecular weight excluding hydrogens is 248 g/mol. The number of halogens is 1. The van der Waals surface area contributed by atoms with E-state index in [0.717, 1.165) is 16.8 Å². The molecule has 0 saturated carbocycles. The molecule has 0 aliphatic rings. The molecule has 0 aliphatic carbocycles. The van der Waals surface area contributed by atoms with Gasteiger partial charge in [0, 0.05) is 17.8 Å². The van der Waals surface area contributed by atoms with Crippen molar-refractivity contribution < 1.29 is 4.74 Å². The zero-order valence-electron chi connectivity index (χ0n) is 10.4. The Labute approximate surface area is 112 Å². The Hall–Kier alpha value is -1.58. The van der Waals surface area contributed by atoms with E-state index in [1.54, 1.807) is 6.07 Å². The van der Waals surface area contributed by atoms with Gasteiger partial charge >= 0.3 is 0 Å². The summed E-state index contributed by atoms with van der Waals surface area (Å²) in [4.78, 5) is 4.38. The van der Waals surface area contributed by atoms with Crippen LogP contribution < -0.4 is 10.5 Å². The predicted molar refractivity (Wildman–Crippen MR) is 73.1 cm³/mol. The molecule has 1 aromatic carbocycles. The van der Waals surface area contributed by atoms with Gasteiger partial charge in [0.1, 0.15) is 5.75 Å². The lowest BCUT2D eigenvalue weighted by Gasteiger charge is -2.13. The number of hydrogen-bond donors (Lipinski definition) is 1. The van der Waals surface area contributed by atoms with Gasteiger partial charge in [-0.1, -0.05) is 23.7 Å². The number of rotatable bonds is 3. The summed E-state index contributed by atoms with van der Waals surface area (Å²) in [6.45, 7) is 4.31. The lowest BCUT2D eigenvalue weighted by Crippen LogP contribution is -2.05. The second kappa shape index (κ2) is 5.38. The van der Waals surface area contributed by atoms with E-state index in [2.05, 4.69) is 4.98 Å². The highest BCUT2D eigenvalue weighted by Crippen LogP contribution is 2.30. The minimum atomic E-state index is 0.388. The molecular formula is C14H15ClN2O. The van der Waals surface area contributed by atoms with Crippen LogP contribution in [0.4, 0.5) is 0 Å². The highest BCUT2D eigenvalue weighted by atomic mass is 35.5. The zero-order chi connectivity index (χ0) is 13.1. The van der Waals surface area contributed by atoms with Gasteiger partial charge in [0.05, 0.1) is 5.02 Å². The smallest absolute Gasteiger partial charge is 0.224 e. The third-order valence-corrected chi connectivity index (χ3v) is 3.00. The van der Waals surface area contributed by atoms with E-state index < -0.39 is 0 Å². The first-order valence-corrected chi connectivity index (χ1v) is 6.09. The summed E-state index contributed by atoms with van der Waals surface area (Å²) >= 11 is 6.07. The normalized spacial score (nSPS) is 10.4. The van der Waals surface area contributed by atoms with E-state index in [0.29, 0.717) is 23.2 Å². The summed E-state index contributed by atoms with van der Waals surface area (Å²) in [6, 6.07) is 9.30. The van der Waals surface area contributed by atoms with Crippen molar-refractivity contribution in [1.82, 2.24) is 4.98 Å². The van der Waals surface area contributed by atoms with Crippen molar-refractivity contribution in [3.8, 4) is 11.6 Å². The fourth-order valence-corrected chi connectivity index (χ4v) is 1.97. The molecule has 4 heteroatoms. The first-order valence-electron chi connectivity index (χ1n) is 5.71. The van der Waals surface area contributed by atoms with E-state index in [4.69, 9.17) is 22.1 Å². The summed E-state index contributed by atoms with van der Waals surface area (Å²) < 4.78 is 5.77. The minimum absolute atomic E-state index is 0.388. The fraction of sp³-hybridized carbons (Fsp3) is 0.214. The third kappa shape index (κ3) is 2.63. The predicted octanol–water partition coefficient (Wildman–Crippen LogP) is 3.60. The van der Waals surface area contributed by atoms with Crippen LogP contribution in [0.3, 0.4) is 0 Å². The van der Waals surface area contributed by atoms with Gasteiger partial charge in [0.25, 0.3) is 0 Å². The average molecular weight is 263 g/mol. The Kier molecular flexibility index (Phi) is 3.84. The molecule has 0 radical (unpaired) electrons. The molecule has 2 rings (SSSR count). The molecule has 0 fully saturated rings. The summed E-state index contributed by atoms with van der Waals surface area (Å²) in [5, 5.41) is 0.557. The summed E-state index contributed by atoms with van der Waals surface area (Å²) in [5.41, 5.74) is 8.61. The molecule has 0 spiro atoms. The zero-order valence-corrected chi connectivity index (χ0v) is 11.2. The van der Waals surface area contributed by atoms with Crippen molar-refractivity contribution in [3.63, 3.8) is 0 Å². The van der Waals surface area contributed by atoms with E-state index >= 15 is 0 Å². The van der Waals surface area contributed by atoms with Crippen molar-refractivity contribution in [2.45, 2.75) is 20.4 Å². The van der Waals surface area contributed by atoms with Crippen LogP contribution in [0.15, 0.2) is 30.3 Å². The maximum atomic E-state index is 6.07. The standard InChI is InChI=1S/C14H15ClN2O/c1-9-7-10(2)17-14(11(9)8-16)18-13-6-4-3-5-12(13)15/h3-7H,8,16H2,1-2H3. The Morgan fingerprint density at radius 1 is 1.28 bits per heavy atom. The molecule has 0 unspecified atom stereocenters. The molecule has 2 aromatic rings. The molecule has 0 aliphatic heterocycles. The first kappa shape index (κ1) is 12.9. The van der Waals surface area contributed by atoms with Crippen molar-refractivity contribution >= 4 is 11.6 Å². The molecule has 0 amide bonds. The van der Waals surface area contributed by atoms with Crippen LogP contribution >= 0.6 is 11.6 Å². The second-order valence-corrected chi connectivity index (χ2v) is 4.51. The quantitative estimate of drug-likeness (QED) is 0.919. The summed E-state index contributed by atoms with van der Waals surface area (Å²) in [5.74, 6) is 1.12.